The number of amides is 2. The van der Waals surface area contributed by atoms with Crippen molar-refractivity contribution < 1.29 is 19.1 Å². The number of aryl methyl sites for hydroxylation is 1. The molecule has 3 unspecified atom stereocenters. The molecule has 1 N–H and O–H groups in total. The lowest BCUT2D eigenvalue weighted by Crippen LogP contribution is -2.52. The van der Waals surface area contributed by atoms with Crippen LogP contribution in [0.3, 0.4) is 0 Å². The lowest BCUT2D eigenvalue weighted by atomic mass is 9.95. The molecule has 2 amide bonds. The molecule has 6 heteroatoms. The van der Waals surface area contributed by atoms with Crippen LogP contribution in [0.4, 0.5) is 0 Å². The normalized spacial score (nSPS) is 22.6. The number of nitrogens with zero attached hydrogens (tertiary/aromatic N) is 1. The maximum atomic E-state index is 12.7. The van der Waals surface area contributed by atoms with Crippen molar-refractivity contribution in [2.45, 2.75) is 57.6 Å². The van der Waals surface area contributed by atoms with Crippen LogP contribution in [0.25, 0.3) is 0 Å². The Kier molecular flexibility index (Phi) is 7.20. The Morgan fingerprint density at radius 1 is 1.29 bits per heavy atom. The van der Waals surface area contributed by atoms with E-state index in [9.17, 15) is 14.4 Å². The molecular weight excluding hydrogens is 356 g/mol. The van der Waals surface area contributed by atoms with Gasteiger partial charge in [0.15, 0.2) is 5.78 Å². The summed E-state index contributed by atoms with van der Waals surface area (Å²) in [5.41, 5.74) is 1.15. The first-order valence-electron chi connectivity index (χ1n) is 10.3. The number of carbonyl (C=O) groups is 3. The van der Waals surface area contributed by atoms with E-state index in [1.54, 1.807) is 4.90 Å². The third-order valence-corrected chi connectivity index (χ3v) is 5.63. The molecule has 2 aliphatic rings. The van der Waals surface area contributed by atoms with Crippen LogP contribution in [0, 0.1) is 5.92 Å². The average molecular weight is 386 g/mol. The molecule has 2 aliphatic heterocycles. The molecule has 3 atom stereocenters. The summed E-state index contributed by atoms with van der Waals surface area (Å²) in [6.45, 7) is 3.35. The first kappa shape index (κ1) is 20.5. The van der Waals surface area contributed by atoms with Gasteiger partial charge in [-0.1, -0.05) is 37.3 Å². The number of ether oxygens (including phenoxy) is 1. The Bertz CT molecular complexity index is 691. The third kappa shape index (κ3) is 5.41. The van der Waals surface area contributed by atoms with E-state index in [2.05, 4.69) is 5.32 Å². The van der Waals surface area contributed by atoms with Gasteiger partial charge < -0.3 is 15.0 Å². The van der Waals surface area contributed by atoms with Gasteiger partial charge in [0.25, 0.3) is 0 Å². The maximum Gasteiger partial charge on any atom is 0.223 e. The molecule has 152 valence electrons. The number of piperidine rings is 1. The van der Waals surface area contributed by atoms with E-state index in [0.717, 1.165) is 31.2 Å². The monoisotopic (exact) mass is 386 g/mol. The molecule has 2 saturated heterocycles. The van der Waals surface area contributed by atoms with Gasteiger partial charge in [-0.3, -0.25) is 14.4 Å². The molecule has 2 fully saturated rings. The predicted molar refractivity (Wildman–Crippen MR) is 106 cm³/mol. The van der Waals surface area contributed by atoms with Crippen molar-refractivity contribution in [1.82, 2.24) is 10.2 Å². The highest BCUT2D eigenvalue weighted by Gasteiger charge is 2.44. The van der Waals surface area contributed by atoms with Gasteiger partial charge in [0.05, 0.1) is 6.10 Å². The first-order chi connectivity index (χ1) is 13.5. The van der Waals surface area contributed by atoms with Crippen molar-refractivity contribution in [3.05, 3.63) is 35.9 Å². The number of likely N-dealkylation sites (tertiary alicyclic amines) is 1. The third-order valence-electron chi connectivity index (χ3n) is 5.63. The number of Topliss-reactive ketones (excluding diaryl/α,β-unsaturated/α-hetero) is 1. The summed E-state index contributed by atoms with van der Waals surface area (Å²) in [5.74, 6) is 0.238. The zero-order valence-corrected chi connectivity index (χ0v) is 16.6. The van der Waals surface area contributed by atoms with Gasteiger partial charge in [-0.2, -0.15) is 0 Å². The largest absolute Gasteiger partial charge is 0.368 e. The van der Waals surface area contributed by atoms with Crippen molar-refractivity contribution in [3.8, 4) is 0 Å². The highest BCUT2D eigenvalue weighted by molar-refractivity contribution is 5.92. The lowest BCUT2D eigenvalue weighted by molar-refractivity contribution is -0.141. The van der Waals surface area contributed by atoms with Gasteiger partial charge in [-0.15, -0.1) is 0 Å². The fourth-order valence-corrected chi connectivity index (χ4v) is 4.04. The zero-order valence-electron chi connectivity index (χ0n) is 16.6. The van der Waals surface area contributed by atoms with Gasteiger partial charge in [0.1, 0.15) is 12.6 Å². The van der Waals surface area contributed by atoms with Gasteiger partial charge in [-0.05, 0) is 37.2 Å². The molecule has 28 heavy (non-hydrogen) atoms. The summed E-state index contributed by atoms with van der Waals surface area (Å²) in [7, 11) is 0. The van der Waals surface area contributed by atoms with E-state index in [0.29, 0.717) is 25.9 Å². The summed E-state index contributed by atoms with van der Waals surface area (Å²) < 4.78 is 5.51. The molecular formula is C22H30N2O4. The smallest absolute Gasteiger partial charge is 0.223 e. The summed E-state index contributed by atoms with van der Waals surface area (Å²) >= 11 is 0. The Labute approximate surface area is 166 Å². The molecule has 3 rings (SSSR count). The second kappa shape index (κ2) is 9.82. The Balaban J connectivity index is 1.35. The molecule has 0 saturated carbocycles. The number of ketones is 1. The van der Waals surface area contributed by atoms with Crippen LogP contribution in [0.1, 0.15) is 44.6 Å². The average Bonchev–Trinajstić information content (AvgIpc) is 3.08. The van der Waals surface area contributed by atoms with Gasteiger partial charge in [-0.25, -0.2) is 0 Å². The van der Waals surface area contributed by atoms with Crippen molar-refractivity contribution in [2.75, 3.05) is 19.7 Å². The van der Waals surface area contributed by atoms with Gasteiger partial charge >= 0.3 is 0 Å². The second-order valence-corrected chi connectivity index (χ2v) is 7.92. The molecule has 0 bridgehead atoms. The number of rotatable bonds is 8. The van der Waals surface area contributed by atoms with Crippen LogP contribution in [0.15, 0.2) is 30.3 Å². The van der Waals surface area contributed by atoms with Crippen LogP contribution >= 0.6 is 0 Å². The fraction of sp³-hybridized carbons (Fsp3) is 0.591. The molecule has 0 aromatic heterocycles. The lowest BCUT2D eigenvalue weighted by Gasteiger charge is -2.36. The number of fused-ring (bicyclic) bond motifs is 1. The van der Waals surface area contributed by atoms with Gasteiger partial charge in [0.2, 0.25) is 11.8 Å². The van der Waals surface area contributed by atoms with Crippen molar-refractivity contribution in [1.29, 1.82) is 0 Å². The van der Waals surface area contributed by atoms with E-state index < -0.39 is 0 Å². The number of nitrogens with one attached hydrogen (secondary N) is 1. The van der Waals surface area contributed by atoms with Crippen LogP contribution in [-0.4, -0.2) is 54.3 Å². The predicted octanol–water partition coefficient (Wildman–Crippen LogP) is 2.11. The van der Waals surface area contributed by atoms with E-state index in [4.69, 9.17) is 4.74 Å². The topological polar surface area (TPSA) is 75.7 Å². The SMILES string of the molecule is CC(CCNC(=O)CCc1ccccc1)CC(=O)N1CCCC2OCC(=O)C21. The molecule has 0 radical (unpaired) electrons. The molecule has 1 aromatic carbocycles. The quantitative estimate of drug-likeness (QED) is 0.742. The highest BCUT2D eigenvalue weighted by atomic mass is 16.5. The van der Waals surface area contributed by atoms with Crippen LogP contribution in [0.2, 0.25) is 0 Å². The number of hydrogen-bond acceptors (Lipinski definition) is 4. The van der Waals surface area contributed by atoms with Crippen LogP contribution in [-0.2, 0) is 25.5 Å². The summed E-state index contributed by atoms with van der Waals surface area (Å²) in [6, 6.07) is 9.57. The van der Waals surface area contributed by atoms with Crippen molar-refractivity contribution in [3.63, 3.8) is 0 Å². The Morgan fingerprint density at radius 3 is 2.86 bits per heavy atom. The van der Waals surface area contributed by atoms with Crippen molar-refractivity contribution in [2.24, 2.45) is 5.92 Å². The van der Waals surface area contributed by atoms with E-state index in [-0.39, 0.29) is 42.3 Å². The molecule has 0 aliphatic carbocycles. The van der Waals surface area contributed by atoms with E-state index in [1.165, 1.54) is 0 Å². The van der Waals surface area contributed by atoms with Crippen LogP contribution < -0.4 is 5.32 Å². The molecule has 1 aromatic rings. The standard InChI is InChI=1S/C22H30N2O4/c1-16(11-12-23-20(26)10-9-17-6-3-2-4-7-17)14-21(27)24-13-5-8-19-22(24)18(25)15-28-19/h2-4,6-7,16,19,22H,5,8-15H2,1H3,(H,23,26). The molecule has 2 heterocycles. The van der Waals surface area contributed by atoms with E-state index in [1.807, 2.05) is 37.3 Å². The maximum absolute atomic E-state index is 12.7. The van der Waals surface area contributed by atoms with Crippen molar-refractivity contribution >= 4 is 17.6 Å². The summed E-state index contributed by atoms with van der Waals surface area (Å²) in [4.78, 5) is 38.4. The Morgan fingerprint density at radius 2 is 2.07 bits per heavy atom. The fourth-order valence-electron chi connectivity index (χ4n) is 4.04. The highest BCUT2D eigenvalue weighted by Crippen LogP contribution is 2.27. The summed E-state index contributed by atoms with van der Waals surface area (Å²) in [5, 5.41) is 2.94. The number of carbonyl (C=O) groups excluding carboxylic acids is 3. The Hall–Kier alpha value is -2.21. The number of benzene rings is 1. The summed E-state index contributed by atoms with van der Waals surface area (Å²) in [6.07, 6.45) is 3.96. The van der Waals surface area contributed by atoms with Crippen LogP contribution in [0.5, 0.6) is 0 Å². The first-order valence-corrected chi connectivity index (χ1v) is 10.3. The van der Waals surface area contributed by atoms with Gasteiger partial charge in [0, 0.05) is 25.9 Å². The zero-order chi connectivity index (χ0) is 19.9. The molecule has 0 spiro atoms. The minimum Gasteiger partial charge on any atom is -0.368 e. The minimum absolute atomic E-state index is 0.0244. The molecule has 6 nitrogen and oxygen atoms in total. The van der Waals surface area contributed by atoms with E-state index >= 15 is 0 Å². The number of hydrogen-bond donors (Lipinski definition) is 1. The second-order valence-electron chi connectivity index (χ2n) is 7.92. The minimum atomic E-state index is -0.383.